The highest BCUT2D eigenvalue weighted by atomic mass is 16.6. The number of aliphatic hydroxyl groups excluding tert-OH is 1. The zero-order valence-corrected chi connectivity index (χ0v) is 18.5. The summed E-state index contributed by atoms with van der Waals surface area (Å²) < 4.78 is 18.5. The van der Waals surface area contributed by atoms with Crippen LogP contribution in [0, 0.1) is 12.3 Å². The third-order valence-electron chi connectivity index (χ3n) is 6.21. The van der Waals surface area contributed by atoms with Crippen molar-refractivity contribution in [3.63, 3.8) is 0 Å². The molecule has 0 radical (unpaired) electrons. The smallest absolute Gasteiger partial charge is 0.254 e. The Labute approximate surface area is 183 Å². The molecule has 168 valence electrons. The second-order valence-corrected chi connectivity index (χ2v) is 9.01. The number of ether oxygens (including phenoxy) is 3. The predicted molar refractivity (Wildman–Crippen MR) is 119 cm³/mol. The molecule has 3 heterocycles. The van der Waals surface area contributed by atoms with E-state index < -0.39 is 0 Å². The highest BCUT2D eigenvalue weighted by Crippen LogP contribution is 2.34. The summed E-state index contributed by atoms with van der Waals surface area (Å²) in [5.41, 5.74) is 2.97. The van der Waals surface area contributed by atoms with E-state index in [1.54, 1.807) is 4.57 Å². The zero-order chi connectivity index (χ0) is 22.0. The number of aliphatic hydroxyl groups is 1. The fourth-order valence-electron chi connectivity index (χ4n) is 4.35. The summed E-state index contributed by atoms with van der Waals surface area (Å²) in [4.78, 5) is 15.1. The Morgan fingerprint density at radius 2 is 1.97 bits per heavy atom. The molecule has 0 amide bonds. The fourth-order valence-corrected chi connectivity index (χ4v) is 4.35. The van der Waals surface area contributed by atoms with Gasteiger partial charge in [0.2, 0.25) is 0 Å². The molecule has 2 aliphatic heterocycles. The lowest BCUT2D eigenvalue weighted by molar-refractivity contribution is -0.101. The molecule has 0 bridgehead atoms. The molecule has 7 nitrogen and oxygen atoms in total. The predicted octanol–water partition coefficient (Wildman–Crippen LogP) is 2.38. The van der Waals surface area contributed by atoms with Crippen molar-refractivity contribution < 1.29 is 19.3 Å². The number of pyridine rings is 1. The van der Waals surface area contributed by atoms with Gasteiger partial charge >= 0.3 is 0 Å². The molecule has 2 fully saturated rings. The summed E-state index contributed by atoms with van der Waals surface area (Å²) in [7, 11) is 0. The Morgan fingerprint density at radius 3 is 2.58 bits per heavy atom. The number of hydrogen-bond acceptors (Lipinski definition) is 6. The molecule has 0 spiro atoms. The lowest BCUT2D eigenvalue weighted by Gasteiger charge is -2.48. The summed E-state index contributed by atoms with van der Waals surface area (Å²) in [5, 5.41) is 9.44. The van der Waals surface area contributed by atoms with Gasteiger partial charge in [0, 0.05) is 36.0 Å². The summed E-state index contributed by atoms with van der Waals surface area (Å²) in [6.07, 6.45) is -0.101. The van der Waals surface area contributed by atoms with Crippen LogP contribution in [0.2, 0.25) is 0 Å². The summed E-state index contributed by atoms with van der Waals surface area (Å²) in [6, 6.07) is 11.7. The van der Waals surface area contributed by atoms with E-state index in [4.69, 9.17) is 14.2 Å². The number of rotatable bonds is 7. The highest BCUT2D eigenvalue weighted by molar-refractivity contribution is 5.51. The summed E-state index contributed by atoms with van der Waals surface area (Å²) >= 11 is 0. The van der Waals surface area contributed by atoms with E-state index >= 15 is 0 Å². The number of benzene rings is 1. The molecule has 1 aromatic heterocycles. The van der Waals surface area contributed by atoms with Crippen molar-refractivity contribution in [2.75, 3.05) is 51.0 Å². The van der Waals surface area contributed by atoms with Crippen LogP contribution in [-0.4, -0.2) is 61.9 Å². The Balaban J connectivity index is 1.43. The molecule has 0 saturated carbocycles. The summed E-state index contributed by atoms with van der Waals surface area (Å²) in [5.74, 6) is 0.556. The van der Waals surface area contributed by atoms with Gasteiger partial charge in [-0.05, 0) is 37.6 Å². The van der Waals surface area contributed by atoms with E-state index in [-0.39, 0.29) is 29.7 Å². The SMILES string of the molecule is Cc1cc(OCC2COCCO2)cc(=O)n1[C@H](C)c1ccc(N2CC(C)(CO)C2)cc1. The Morgan fingerprint density at radius 1 is 1.23 bits per heavy atom. The average Bonchev–Trinajstić information content (AvgIpc) is 2.76. The lowest BCUT2D eigenvalue weighted by Crippen LogP contribution is -2.56. The first-order chi connectivity index (χ1) is 14.9. The third kappa shape index (κ3) is 4.79. The Hall–Kier alpha value is -2.35. The molecule has 1 unspecified atom stereocenters. The van der Waals surface area contributed by atoms with Crippen LogP contribution in [0.25, 0.3) is 0 Å². The minimum Gasteiger partial charge on any atom is -0.491 e. The van der Waals surface area contributed by atoms with E-state index in [2.05, 4.69) is 36.1 Å². The van der Waals surface area contributed by atoms with Gasteiger partial charge in [-0.1, -0.05) is 19.1 Å². The minimum atomic E-state index is -0.101. The van der Waals surface area contributed by atoms with Gasteiger partial charge in [0.1, 0.15) is 18.5 Å². The quantitative estimate of drug-likeness (QED) is 0.730. The maximum Gasteiger partial charge on any atom is 0.254 e. The van der Waals surface area contributed by atoms with Gasteiger partial charge < -0.3 is 28.8 Å². The number of hydrogen-bond donors (Lipinski definition) is 1. The van der Waals surface area contributed by atoms with Crippen LogP contribution < -0.4 is 15.2 Å². The third-order valence-corrected chi connectivity index (χ3v) is 6.21. The molecular formula is C24H32N2O5. The van der Waals surface area contributed by atoms with Gasteiger partial charge in [0.15, 0.2) is 0 Å². The molecular weight excluding hydrogens is 396 g/mol. The van der Waals surface area contributed by atoms with E-state index in [0.717, 1.165) is 30.0 Å². The first-order valence-corrected chi connectivity index (χ1v) is 10.9. The molecule has 2 saturated heterocycles. The van der Waals surface area contributed by atoms with Crippen molar-refractivity contribution >= 4 is 5.69 Å². The van der Waals surface area contributed by atoms with Crippen molar-refractivity contribution in [3.8, 4) is 5.75 Å². The minimum absolute atomic E-state index is 0.00363. The van der Waals surface area contributed by atoms with Gasteiger partial charge in [-0.3, -0.25) is 4.79 Å². The van der Waals surface area contributed by atoms with Crippen LogP contribution in [-0.2, 0) is 9.47 Å². The number of anilines is 1. The number of aromatic nitrogens is 1. The van der Waals surface area contributed by atoms with Crippen LogP contribution in [0.5, 0.6) is 5.75 Å². The lowest BCUT2D eigenvalue weighted by atomic mass is 9.82. The van der Waals surface area contributed by atoms with Crippen molar-refractivity contribution in [1.29, 1.82) is 0 Å². The van der Waals surface area contributed by atoms with E-state index in [1.807, 2.05) is 19.9 Å². The van der Waals surface area contributed by atoms with Gasteiger partial charge in [-0.25, -0.2) is 0 Å². The van der Waals surface area contributed by atoms with Crippen LogP contribution in [0.15, 0.2) is 41.2 Å². The van der Waals surface area contributed by atoms with Gasteiger partial charge in [0.05, 0.1) is 32.5 Å². The maximum atomic E-state index is 12.9. The first kappa shape index (κ1) is 21.9. The largest absolute Gasteiger partial charge is 0.491 e. The van der Waals surface area contributed by atoms with Crippen molar-refractivity contribution in [3.05, 3.63) is 58.0 Å². The summed E-state index contributed by atoms with van der Waals surface area (Å²) in [6.45, 7) is 10.0. The number of aryl methyl sites for hydroxylation is 1. The molecule has 2 atom stereocenters. The Kier molecular flexibility index (Phi) is 6.36. The molecule has 7 heteroatoms. The average molecular weight is 429 g/mol. The normalized spacial score (nSPS) is 21.4. The topological polar surface area (TPSA) is 73.2 Å². The van der Waals surface area contributed by atoms with E-state index in [0.29, 0.717) is 32.2 Å². The second kappa shape index (κ2) is 9.02. The van der Waals surface area contributed by atoms with Crippen LogP contribution in [0.4, 0.5) is 5.69 Å². The monoisotopic (exact) mass is 428 g/mol. The van der Waals surface area contributed by atoms with Crippen LogP contribution in [0.3, 0.4) is 0 Å². The highest BCUT2D eigenvalue weighted by Gasteiger charge is 2.38. The fraction of sp³-hybridized carbons (Fsp3) is 0.542. The standard InChI is InChI=1S/C24H32N2O5/c1-17-10-21(31-13-22-12-29-8-9-30-22)11-23(28)26(17)18(2)19-4-6-20(7-5-19)25-14-24(3,15-25)16-27/h4-7,10-11,18,22,27H,8-9,12-16H2,1-3H3/t18-,22?/m1/s1. The molecule has 0 aliphatic carbocycles. The molecule has 4 rings (SSSR count). The zero-order valence-electron chi connectivity index (χ0n) is 18.5. The van der Waals surface area contributed by atoms with Crippen molar-refractivity contribution in [2.24, 2.45) is 5.41 Å². The molecule has 1 N–H and O–H groups in total. The van der Waals surface area contributed by atoms with E-state index in [1.165, 1.54) is 6.07 Å². The van der Waals surface area contributed by atoms with Crippen molar-refractivity contribution in [2.45, 2.75) is 32.9 Å². The van der Waals surface area contributed by atoms with Gasteiger partial charge in [0.25, 0.3) is 5.56 Å². The van der Waals surface area contributed by atoms with Crippen molar-refractivity contribution in [1.82, 2.24) is 4.57 Å². The van der Waals surface area contributed by atoms with Crippen LogP contribution >= 0.6 is 0 Å². The number of nitrogens with zero attached hydrogens (tertiary/aromatic N) is 2. The second-order valence-electron chi connectivity index (χ2n) is 9.01. The van der Waals surface area contributed by atoms with Crippen LogP contribution in [0.1, 0.15) is 31.1 Å². The molecule has 2 aliphatic rings. The molecule has 1 aromatic carbocycles. The molecule has 2 aromatic rings. The van der Waals surface area contributed by atoms with Gasteiger partial charge in [-0.15, -0.1) is 0 Å². The first-order valence-electron chi connectivity index (χ1n) is 10.9. The van der Waals surface area contributed by atoms with E-state index in [9.17, 15) is 9.90 Å². The molecule has 31 heavy (non-hydrogen) atoms. The maximum absolute atomic E-state index is 12.9. The Bertz CT molecular complexity index is 943. The van der Waals surface area contributed by atoms with Gasteiger partial charge in [-0.2, -0.15) is 0 Å².